The van der Waals surface area contributed by atoms with Crippen LogP contribution in [0, 0.1) is 0 Å². The highest BCUT2D eigenvalue weighted by molar-refractivity contribution is 5.29. The van der Waals surface area contributed by atoms with E-state index >= 15 is 0 Å². The van der Waals surface area contributed by atoms with E-state index in [2.05, 4.69) is 16.4 Å². The fourth-order valence-corrected chi connectivity index (χ4v) is 3.13. The van der Waals surface area contributed by atoms with Crippen molar-refractivity contribution in [3.05, 3.63) is 64.1 Å². The van der Waals surface area contributed by atoms with Crippen molar-refractivity contribution < 1.29 is 9.47 Å². The molecule has 1 aromatic carbocycles. The summed E-state index contributed by atoms with van der Waals surface area (Å²) in [5.41, 5.74) is 1.99. The zero-order valence-corrected chi connectivity index (χ0v) is 14.8. The molecule has 3 rings (SSSR count). The van der Waals surface area contributed by atoms with Gasteiger partial charge in [0.1, 0.15) is 6.61 Å². The molecule has 0 bridgehead atoms. The second-order valence-corrected chi connectivity index (χ2v) is 6.23. The molecule has 0 unspecified atom stereocenters. The van der Waals surface area contributed by atoms with Gasteiger partial charge in [0, 0.05) is 38.4 Å². The molecule has 1 aromatic heterocycles. The third kappa shape index (κ3) is 4.71. The fourth-order valence-electron chi connectivity index (χ4n) is 3.13. The van der Waals surface area contributed by atoms with Gasteiger partial charge in [-0.25, -0.2) is 0 Å². The van der Waals surface area contributed by atoms with Gasteiger partial charge in [0.2, 0.25) is 5.43 Å². The van der Waals surface area contributed by atoms with Gasteiger partial charge in [-0.1, -0.05) is 37.3 Å². The molecular formula is C20H26N2O3. The van der Waals surface area contributed by atoms with Crippen LogP contribution >= 0.6 is 0 Å². The van der Waals surface area contributed by atoms with Crippen LogP contribution < -0.4 is 10.2 Å². The number of ether oxygens (including phenoxy) is 2. The van der Waals surface area contributed by atoms with Gasteiger partial charge >= 0.3 is 0 Å². The van der Waals surface area contributed by atoms with E-state index in [-0.39, 0.29) is 5.43 Å². The molecule has 0 saturated carbocycles. The Labute approximate surface area is 148 Å². The third-order valence-electron chi connectivity index (χ3n) is 4.56. The zero-order chi connectivity index (χ0) is 17.5. The number of hydrogen-bond donors (Lipinski definition) is 0. The predicted octanol–water partition coefficient (Wildman–Crippen LogP) is 2.32. The van der Waals surface area contributed by atoms with Crippen molar-refractivity contribution in [1.29, 1.82) is 0 Å². The predicted molar refractivity (Wildman–Crippen MR) is 98.1 cm³/mol. The van der Waals surface area contributed by atoms with E-state index in [9.17, 15) is 4.79 Å². The van der Waals surface area contributed by atoms with E-state index in [0.717, 1.165) is 57.1 Å². The number of aromatic nitrogens is 1. The Morgan fingerprint density at radius 2 is 1.84 bits per heavy atom. The van der Waals surface area contributed by atoms with Crippen LogP contribution in [-0.4, -0.2) is 42.3 Å². The van der Waals surface area contributed by atoms with Gasteiger partial charge in [0.05, 0.1) is 18.9 Å². The highest BCUT2D eigenvalue weighted by Gasteiger charge is 2.14. The minimum atomic E-state index is -0.0459. The quantitative estimate of drug-likeness (QED) is 0.775. The maximum Gasteiger partial charge on any atom is 0.223 e. The average molecular weight is 342 g/mol. The summed E-state index contributed by atoms with van der Waals surface area (Å²) in [6, 6.07) is 11.5. The standard InChI is InChI=1S/C20H26N2O3/c1-2-18-20(25-16-17-6-4-3-5-7-17)19(23)8-9-22(18)11-10-21-12-14-24-15-13-21/h3-9H,2,10-16H2,1H3. The summed E-state index contributed by atoms with van der Waals surface area (Å²) in [5.74, 6) is 0.482. The fraction of sp³-hybridized carbons (Fsp3) is 0.450. The summed E-state index contributed by atoms with van der Waals surface area (Å²) in [5, 5.41) is 0. The van der Waals surface area contributed by atoms with Crippen molar-refractivity contribution in [3.63, 3.8) is 0 Å². The first-order valence-corrected chi connectivity index (χ1v) is 8.97. The Hall–Kier alpha value is -2.11. The maximum atomic E-state index is 12.3. The lowest BCUT2D eigenvalue weighted by molar-refractivity contribution is 0.0362. The van der Waals surface area contributed by atoms with Crippen molar-refractivity contribution in [2.45, 2.75) is 26.5 Å². The summed E-state index contributed by atoms with van der Waals surface area (Å²) < 4.78 is 13.5. The van der Waals surface area contributed by atoms with E-state index in [4.69, 9.17) is 9.47 Å². The van der Waals surface area contributed by atoms with E-state index in [1.54, 1.807) is 6.07 Å². The Bertz CT molecular complexity index is 721. The van der Waals surface area contributed by atoms with Crippen molar-refractivity contribution in [1.82, 2.24) is 9.47 Å². The van der Waals surface area contributed by atoms with Gasteiger partial charge in [0.25, 0.3) is 0 Å². The van der Waals surface area contributed by atoms with Gasteiger partial charge in [-0.3, -0.25) is 9.69 Å². The molecular weight excluding hydrogens is 316 g/mol. The minimum absolute atomic E-state index is 0.0459. The smallest absolute Gasteiger partial charge is 0.223 e. The molecule has 1 aliphatic heterocycles. The molecule has 5 heteroatoms. The molecule has 0 atom stereocenters. The van der Waals surface area contributed by atoms with Gasteiger partial charge in [-0.15, -0.1) is 0 Å². The summed E-state index contributed by atoms with van der Waals surface area (Å²) in [7, 11) is 0. The highest BCUT2D eigenvalue weighted by Crippen LogP contribution is 2.16. The van der Waals surface area contributed by atoms with Gasteiger partial charge in [0.15, 0.2) is 5.75 Å². The monoisotopic (exact) mass is 342 g/mol. The van der Waals surface area contributed by atoms with Gasteiger partial charge < -0.3 is 14.0 Å². The topological polar surface area (TPSA) is 43.7 Å². The number of benzene rings is 1. The Balaban J connectivity index is 1.71. The molecule has 2 heterocycles. The molecule has 1 aliphatic rings. The van der Waals surface area contributed by atoms with Crippen LogP contribution in [0.1, 0.15) is 18.2 Å². The average Bonchev–Trinajstić information content (AvgIpc) is 2.67. The molecule has 0 spiro atoms. The number of nitrogens with zero attached hydrogens (tertiary/aromatic N) is 2. The van der Waals surface area contributed by atoms with E-state index in [0.29, 0.717) is 12.4 Å². The van der Waals surface area contributed by atoms with Gasteiger partial charge in [-0.05, 0) is 12.0 Å². The highest BCUT2D eigenvalue weighted by atomic mass is 16.5. The SMILES string of the molecule is CCc1c(OCc2ccccc2)c(=O)ccn1CCN1CCOCC1. The van der Waals surface area contributed by atoms with Crippen molar-refractivity contribution in [2.75, 3.05) is 32.8 Å². The Morgan fingerprint density at radius 3 is 2.56 bits per heavy atom. The molecule has 2 aromatic rings. The molecule has 0 amide bonds. The van der Waals surface area contributed by atoms with Crippen molar-refractivity contribution in [2.24, 2.45) is 0 Å². The van der Waals surface area contributed by atoms with Crippen LogP contribution in [0.2, 0.25) is 0 Å². The number of morpholine rings is 1. The molecule has 0 radical (unpaired) electrons. The first-order chi connectivity index (χ1) is 12.3. The number of pyridine rings is 1. The summed E-state index contributed by atoms with van der Waals surface area (Å²) in [6.07, 6.45) is 2.65. The van der Waals surface area contributed by atoms with Crippen LogP contribution in [0.4, 0.5) is 0 Å². The summed E-state index contributed by atoms with van der Waals surface area (Å²) in [6.45, 7) is 7.83. The lowest BCUT2D eigenvalue weighted by Crippen LogP contribution is -2.38. The lowest BCUT2D eigenvalue weighted by Gasteiger charge is -2.27. The third-order valence-corrected chi connectivity index (χ3v) is 4.56. The largest absolute Gasteiger partial charge is 0.483 e. The normalized spacial score (nSPS) is 15.2. The number of hydrogen-bond acceptors (Lipinski definition) is 4. The van der Waals surface area contributed by atoms with Crippen molar-refractivity contribution >= 4 is 0 Å². The summed E-state index contributed by atoms with van der Waals surface area (Å²) in [4.78, 5) is 14.7. The van der Waals surface area contributed by atoms with Crippen LogP contribution in [0.25, 0.3) is 0 Å². The maximum absolute atomic E-state index is 12.3. The Morgan fingerprint density at radius 1 is 1.08 bits per heavy atom. The Kier molecular flexibility index (Phi) is 6.25. The molecule has 1 saturated heterocycles. The molecule has 1 fully saturated rings. The van der Waals surface area contributed by atoms with Crippen LogP contribution in [0.15, 0.2) is 47.4 Å². The number of rotatable bonds is 7. The first kappa shape index (κ1) is 17.7. The van der Waals surface area contributed by atoms with Crippen molar-refractivity contribution in [3.8, 4) is 5.75 Å². The van der Waals surface area contributed by atoms with E-state index < -0.39 is 0 Å². The van der Waals surface area contributed by atoms with Gasteiger partial charge in [-0.2, -0.15) is 0 Å². The molecule has 0 aliphatic carbocycles. The molecule has 0 N–H and O–H groups in total. The zero-order valence-electron chi connectivity index (χ0n) is 14.8. The van der Waals surface area contributed by atoms with Crippen LogP contribution in [-0.2, 0) is 24.3 Å². The van der Waals surface area contributed by atoms with Crippen LogP contribution in [0.3, 0.4) is 0 Å². The first-order valence-electron chi connectivity index (χ1n) is 8.97. The molecule has 25 heavy (non-hydrogen) atoms. The van der Waals surface area contributed by atoms with E-state index in [1.165, 1.54) is 0 Å². The molecule has 5 nitrogen and oxygen atoms in total. The minimum Gasteiger partial charge on any atom is -0.483 e. The lowest BCUT2D eigenvalue weighted by atomic mass is 10.2. The second-order valence-electron chi connectivity index (χ2n) is 6.23. The second kappa shape index (κ2) is 8.83. The van der Waals surface area contributed by atoms with Crippen LogP contribution in [0.5, 0.6) is 5.75 Å². The summed E-state index contributed by atoms with van der Waals surface area (Å²) >= 11 is 0. The molecule has 134 valence electrons. The van der Waals surface area contributed by atoms with E-state index in [1.807, 2.05) is 36.5 Å².